The van der Waals surface area contributed by atoms with Gasteiger partial charge in [-0.1, -0.05) is 26.8 Å². The van der Waals surface area contributed by atoms with E-state index in [2.05, 4.69) is 11.6 Å². The van der Waals surface area contributed by atoms with Crippen LogP contribution >= 0.6 is 0 Å². The Labute approximate surface area is 131 Å². The van der Waals surface area contributed by atoms with Crippen LogP contribution in [0.15, 0.2) is 17.6 Å². The Kier molecular flexibility index (Phi) is 6.21. The Morgan fingerprint density at radius 1 is 1.45 bits per heavy atom. The molecule has 0 amide bonds. The maximum atomic E-state index is 12.8. The summed E-state index contributed by atoms with van der Waals surface area (Å²) in [6.45, 7) is 9.51. The van der Waals surface area contributed by atoms with Gasteiger partial charge in [-0.05, 0) is 18.3 Å². The second kappa shape index (κ2) is 7.47. The number of carbonyl (C=O) groups is 3. The molecule has 0 bridgehead atoms. The SMILES string of the molecule is C=CCN=C1CC(C)(C)[C@@H](C(=O)OC)C(=O)[C@H]1C(=O)CCC. The highest BCUT2D eigenvalue weighted by Gasteiger charge is 2.52. The zero-order chi connectivity index (χ0) is 16.9. The topological polar surface area (TPSA) is 72.8 Å². The minimum Gasteiger partial charge on any atom is -0.468 e. The van der Waals surface area contributed by atoms with Gasteiger partial charge in [0.15, 0.2) is 5.78 Å². The molecule has 5 nitrogen and oxygen atoms in total. The van der Waals surface area contributed by atoms with Crippen molar-refractivity contribution in [2.24, 2.45) is 22.2 Å². The van der Waals surface area contributed by atoms with Crippen LogP contribution in [-0.2, 0) is 19.1 Å². The van der Waals surface area contributed by atoms with E-state index in [0.29, 0.717) is 31.5 Å². The van der Waals surface area contributed by atoms with Crippen LogP contribution in [0.5, 0.6) is 0 Å². The number of rotatable bonds is 6. The number of hydrogen-bond donors (Lipinski definition) is 0. The summed E-state index contributed by atoms with van der Waals surface area (Å²) < 4.78 is 4.77. The highest BCUT2D eigenvalue weighted by Crippen LogP contribution is 2.41. The number of methoxy groups -OCH3 is 1. The van der Waals surface area contributed by atoms with Crippen LogP contribution in [0.3, 0.4) is 0 Å². The quantitative estimate of drug-likeness (QED) is 0.429. The lowest BCUT2D eigenvalue weighted by Crippen LogP contribution is -2.52. The van der Waals surface area contributed by atoms with Crippen molar-refractivity contribution in [1.82, 2.24) is 0 Å². The van der Waals surface area contributed by atoms with Gasteiger partial charge in [-0.2, -0.15) is 0 Å². The van der Waals surface area contributed by atoms with E-state index >= 15 is 0 Å². The fourth-order valence-corrected chi connectivity index (χ4v) is 3.00. The van der Waals surface area contributed by atoms with Crippen LogP contribution < -0.4 is 0 Å². The predicted octanol–water partition coefficient (Wildman–Crippen LogP) is 2.39. The Hall–Kier alpha value is -1.78. The molecule has 0 N–H and O–H groups in total. The number of hydrogen-bond acceptors (Lipinski definition) is 5. The lowest BCUT2D eigenvalue weighted by Gasteiger charge is -2.39. The van der Waals surface area contributed by atoms with E-state index in [0.717, 1.165) is 0 Å². The molecule has 0 unspecified atom stereocenters. The number of ketones is 2. The molecule has 0 saturated heterocycles. The summed E-state index contributed by atoms with van der Waals surface area (Å²) >= 11 is 0. The van der Waals surface area contributed by atoms with Gasteiger partial charge < -0.3 is 4.74 Å². The summed E-state index contributed by atoms with van der Waals surface area (Å²) in [5.41, 5.74) is -0.0545. The third kappa shape index (κ3) is 3.70. The molecule has 0 radical (unpaired) electrons. The van der Waals surface area contributed by atoms with Crippen molar-refractivity contribution < 1.29 is 19.1 Å². The van der Waals surface area contributed by atoms with E-state index in [9.17, 15) is 14.4 Å². The Bertz CT molecular complexity index is 505. The molecule has 1 rings (SSSR count). The molecule has 0 aromatic rings. The van der Waals surface area contributed by atoms with Crippen molar-refractivity contribution in [3.05, 3.63) is 12.7 Å². The van der Waals surface area contributed by atoms with Gasteiger partial charge in [0.1, 0.15) is 17.6 Å². The van der Waals surface area contributed by atoms with Gasteiger partial charge in [0, 0.05) is 12.1 Å². The third-order valence-corrected chi connectivity index (χ3v) is 4.00. The highest BCUT2D eigenvalue weighted by molar-refractivity contribution is 6.26. The van der Waals surface area contributed by atoms with Crippen LogP contribution in [0, 0.1) is 17.3 Å². The van der Waals surface area contributed by atoms with Crippen molar-refractivity contribution in [2.75, 3.05) is 13.7 Å². The van der Waals surface area contributed by atoms with Crippen LogP contribution in [0.2, 0.25) is 0 Å². The van der Waals surface area contributed by atoms with Gasteiger partial charge in [-0.25, -0.2) is 0 Å². The van der Waals surface area contributed by atoms with E-state index in [-0.39, 0.29) is 11.6 Å². The standard InChI is InChI=1S/C17H25NO4/c1-6-8-12(19)13-11(18-9-7-2)10-17(3,4)14(15(13)20)16(21)22-5/h7,13-14H,2,6,8-10H2,1,3-5H3/t13-,14-/m1/s1. The van der Waals surface area contributed by atoms with Crippen molar-refractivity contribution in [1.29, 1.82) is 0 Å². The molecule has 0 heterocycles. The summed E-state index contributed by atoms with van der Waals surface area (Å²) in [5.74, 6) is -2.97. The normalized spacial score (nSPS) is 25.8. The summed E-state index contributed by atoms with van der Waals surface area (Å²) in [4.78, 5) is 41.6. The molecule has 1 aliphatic carbocycles. The summed E-state index contributed by atoms with van der Waals surface area (Å²) in [5, 5.41) is 0. The summed E-state index contributed by atoms with van der Waals surface area (Å²) in [6, 6.07) is 0. The molecule has 1 fully saturated rings. The molecule has 0 aromatic heterocycles. The molecule has 0 spiro atoms. The van der Waals surface area contributed by atoms with Crippen molar-refractivity contribution in [3.8, 4) is 0 Å². The highest BCUT2D eigenvalue weighted by atomic mass is 16.5. The van der Waals surface area contributed by atoms with Gasteiger partial charge in [-0.3, -0.25) is 19.4 Å². The van der Waals surface area contributed by atoms with Crippen LogP contribution in [0.4, 0.5) is 0 Å². The summed E-state index contributed by atoms with van der Waals surface area (Å²) in [6.07, 6.45) is 3.01. The average Bonchev–Trinajstić information content (AvgIpc) is 2.43. The monoisotopic (exact) mass is 307 g/mol. The van der Waals surface area contributed by atoms with Gasteiger partial charge in [0.2, 0.25) is 0 Å². The molecule has 1 saturated carbocycles. The van der Waals surface area contributed by atoms with Crippen LogP contribution in [0.25, 0.3) is 0 Å². The van der Waals surface area contributed by atoms with E-state index in [1.165, 1.54) is 7.11 Å². The van der Waals surface area contributed by atoms with Crippen LogP contribution in [0.1, 0.15) is 40.0 Å². The first-order valence-electron chi connectivity index (χ1n) is 7.58. The average molecular weight is 307 g/mol. The zero-order valence-electron chi connectivity index (χ0n) is 13.8. The smallest absolute Gasteiger partial charge is 0.316 e. The molecule has 5 heteroatoms. The van der Waals surface area contributed by atoms with E-state index < -0.39 is 23.2 Å². The van der Waals surface area contributed by atoms with E-state index in [1.54, 1.807) is 6.08 Å². The lowest BCUT2D eigenvalue weighted by atomic mass is 9.62. The van der Waals surface area contributed by atoms with Crippen molar-refractivity contribution in [3.63, 3.8) is 0 Å². The molecule has 22 heavy (non-hydrogen) atoms. The number of nitrogens with zero attached hydrogens (tertiary/aromatic N) is 1. The molecule has 0 aliphatic heterocycles. The number of Topliss-reactive ketones (excluding diaryl/α,β-unsaturated/α-hetero) is 2. The Morgan fingerprint density at radius 2 is 2.09 bits per heavy atom. The zero-order valence-corrected chi connectivity index (χ0v) is 13.8. The van der Waals surface area contributed by atoms with Gasteiger partial charge in [0.25, 0.3) is 0 Å². The molecule has 1 aliphatic rings. The number of ether oxygens (including phenoxy) is 1. The Morgan fingerprint density at radius 3 is 2.59 bits per heavy atom. The van der Waals surface area contributed by atoms with Crippen molar-refractivity contribution >= 4 is 23.2 Å². The maximum Gasteiger partial charge on any atom is 0.316 e. The van der Waals surface area contributed by atoms with E-state index in [4.69, 9.17) is 4.74 Å². The van der Waals surface area contributed by atoms with Gasteiger partial charge in [-0.15, -0.1) is 6.58 Å². The van der Waals surface area contributed by atoms with Gasteiger partial charge in [0.05, 0.1) is 13.7 Å². The predicted molar refractivity (Wildman–Crippen MR) is 84.8 cm³/mol. The second-order valence-electron chi connectivity index (χ2n) is 6.29. The third-order valence-electron chi connectivity index (χ3n) is 4.00. The van der Waals surface area contributed by atoms with Crippen LogP contribution in [-0.4, -0.2) is 36.9 Å². The minimum atomic E-state index is -0.925. The first-order chi connectivity index (χ1) is 10.3. The van der Waals surface area contributed by atoms with Gasteiger partial charge >= 0.3 is 5.97 Å². The summed E-state index contributed by atoms with van der Waals surface area (Å²) in [7, 11) is 1.26. The first-order valence-corrected chi connectivity index (χ1v) is 7.58. The maximum absolute atomic E-state index is 12.8. The lowest BCUT2D eigenvalue weighted by molar-refractivity contribution is -0.156. The second-order valence-corrected chi connectivity index (χ2v) is 6.29. The molecular formula is C17H25NO4. The Balaban J connectivity index is 3.28. The fourth-order valence-electron chi connectivity index (χ4n) is 3.00. The number of aliphatic imine (C=N–C) groups is 1. The molecular weight excluding hydrogens is 282 g/mol. The van der Waals surface area contributed by atoms with Crippen molar-refractivity contribution in [2.45, 2.75) is 40.0 Å². The molecule has 2 atom stereocenters. The molecule has 122 valence electrons. The first kappa shape index (κ1) is 18.3. The largest absolute Gasteiger partial charge is 0.468 e. The minimum absolute atomic E-state index is 0.167. The number of esters is 1. The number of carbonyl (C=O) groups excluding carboxylic acids is 3. The fraction of sp³-hybridized carbons (Fsp3) is 0.647. The molecule has 0 aromatic carbocycles. The van der Waals surface area contributed by atoms with E-state index in [1.807, 2.05) is 20.8 Å².